The molecule has 0 spiro atoms. The van der Waals surface area contributed by atoms with Gasteiger partial charge in [-0.25, -0.2) is 4.79 Å². The van der Waals surface area contributed by atoms with E-state index >= 15 is 0 Å². The van der Waals surface area contributed by atoms with Crippen LogP contribution in [0.4, 0.5) is 9.80 Å². The van der Waals surface area contributed by atoms with E-state index in [2.05, 4.69) is 23.3 Å². The second-order valence-electron chi connectivity index (χ2n) is 7.28. The number of hydrogen-bond acceptors (Lipinski definition) is 6. The third-order valence-corrected chi connectivity index (χ3v) is 6.13. The second-order valence-corrected chi connectivity index (χ2v) is 8.38. The Labute approximate surface area is 186 Å². The smallest absolute Gasteiger partial charge is 0.410 e. The van der Waals surface area contributed by atoms with Crippen LogP contribution in [0.15, 0.2) is 30.6 Å². The topological polar surface area (TPSA) is 95.3 Å². The van der Waals surface area contributed by atoms with Crippen LogP contribution in [0.1, 0.15) is 54.2 Å². The molecular formula is C23H26N4O3S. The number of unbranched alkanes of at least 4 members (excludes halogenated alkanes) is 3. The number of aromatic nitrogens is 1. The van der Waals surface area contributed by atoms with Crippen molar-refractivity contribution in [3.8, 4) is 6.07 Å². The van der Waals surface area contributed by atoms with Crippen molar-refractivity contribution in [3.63, 3.8) is 0 Å². The third kappa shape index (κ3) is 6.15. The van der Waals surface area contributed by atoms with Gasteiger partial charge in [-0.3, -0.25) is 9.78 Å². The van der Waals surface area contributed by atoms with Gasteiger partial charge >= 0.3 is 6.09 Å². The van der Waals surface area contributed by atoms with Gasteiger partial charge < -0.3 is 15.0 Å². The van der Waals surface area contributed by atoms with Crippen LogP contribution in [0.2, 0.25) is 0 Å². The van der Waals surface area contributed by atoms with E-state index in [0.717, 1.165) is 41.7 Å². The Morgan fingerprint density at radius 2 is 2.26 bits per heavy atom. The zero-order valence-corrected chi connectivity index (χ0v) is 18.4. The molecule has 0 saturated carbocycles. The van der Waals surface area contributed by atoms with Crippen LogP contribution in [-0.2, 0) is 22.5 Å². The molecule has 3 rings (SSSR count). The Kier molecular flexibility index (Phi) is 8.19. The van der Waals surface area contributed by atoms with E-state index in [-0.39, 0.29) is 12.0 Å². The molecule has 0 unspecified atom stereocenters. The van der Waals surface area contributed by atoms with Gasteiger partial charge in [0.15, 0.2) is 0 Å². The molecule has 162 valence electrons. The van der Waals surface area contributed by atoms with Crippen molar-refractivity contribution in [3.05, 3.63) is 52.2 Å². The molecule has 1 aliphatic heterocycles. The zero-order valence-electron chi connectivity index (χ0n) is 17.6. The highest BCUT2D eigenvalue weighted by Crippen LogP contribution is 2.36. The minimum absolute atomic E-state index is 0.317. The molecule has 1 aliphatic rings. The number of nitrogens with one attached hydrogen (secondary N) is 1. The van der Waals surface area contributed by atoms with Gasteiger partial charge in [0.25, 0.3) is 0 Å². The van der Waals surface area contributed by atoms with Gasteiger partial charge in [-0.2, -0.15) is 5.26 Å². The van der Waals surface area contributed by atoms with Gasteiger partial charge in [0.05, 0.1) is 18.7 Å². The van der Waals surface area contributed by atoms with Gasteiger partial charge in [-0.05, 0) is 36.1 Å². The monoisotopic (exact) mass is 438 g/mol. The molecule has 7 nitrogen and oxygen atoms in total. The van der Waals surface area contributed by atoms with Gasteiger partial charge in [-0.15, -0.1) is 11.3 Å². The van der Waals surface area contributed by atoms with Crippen molar-refractivity contribution in [1.82, 2.24) is 9.88 Å². The molecule has 1 N–H and O–H groups in total. The molecule has 3 heterocycles. The Balaban J connectivity index is 1.61. The maximum absolute atomic E-state index is 12.4. The Morgan fingerprint density at radius 3 is 3.00 bits per heavy atom. The summed E-state index contributed by atoms with van der Waals surface area (Å²) in [5.41, 5.74) is 2.20. The van der Waals surface area contributed by atoms with E-state index < -0.39 is 0 Å². The zero-order chi connectivity index (χ0) is 22.1. The van der Waals surface area contributed by atoms with Crippen LogP contribution >= 0.6 is 11.3 Å². The number of pyridine rings is 1. The van der Waals surface area contributed by atoms with E-state index in [1.54, 1.807) is 29.4 Å². The molecule has 0 aliphatic carbocycles. The Hall–Kier alpha value is -3.18. The van der Waals surface area contributed by atoms with Crippen molar-refractivity contribution >= 4 is 34.4 Å². The number of nitriles is 1. The quantitative estimate of drug-likeness (QED) is 0.474. The molecular weight excluding hydrogens is 412 g/mol. The second kappa shape index (κ2) is 11.3. The van der Waals surface area contributed by atoms with E-state index in [1.165, 1.54) is 17.4 Å². The highest BCUT2D eigenvalue weighted by atomic mass is 32.1. The number of fused-ring (bicyclic) bond motifs is 1. The molecule has 8 heteroatoms. The van der Waals surface area contributed by atoms with Gasteiger partial charge in [0.1, 0.15) is 11.1 Å². The van der Waals surface area contributed by atoms with Crippen LogP contribution in [0.25, 0.3) is 6.08 Å². The number of hydrogen-bond donors (Lipinski definition) is 1. The summed E-state index contributed by atoms with van der Waals surface area (Å²) in [4.78, 5) is 31.3. The number of thiophene rings is 1. The lowest BCUT2D eigenvalue weighted by molar-refractivity contribution is -0.111. The van der Waals surface area contributed by atoms with Gasteiger partial charge in [-0.1, -0.05) is 32.3 Å². The number of rotatable bonds is 8. The predicted octanol–water partition coefficient (Wildman–Crippen LogP) is 4.74. The fourth-order valence-corrected chi connectivity index (χ4v) is 4.56. The average molecular weight is 439 g/mol. The fourth-order valence-electron chi connectivity index (χ4n) is 3.35. The molecule has 2 amide bonds. The maximum Gasteiger partial charge on any atom is 0.410 e. The predicted molar refractivity (Wildman–Crippen MR) is 121 cm³/mol. The molecule has 31 heavy (non-hydrogen) atoms. The molecule has 2 aromatic heterocycles. The lowest BCUT2D eigenvalue weighted by Crippen LogP contribution is -2.36. The van der Waals surface area contributed by atoms with E-state index in [0.29, 0.717) is 36.7 Å². The lowest BCUT2D eigenvalue weighted by atomic mass is 10.0. The molecule has 0 bridgehead atoms. The van der Waals surface area contributed by atoms with E-state index in [1.807, 2.05) is 6.07 Å². The van der Waals surface area contributed by atoms with Crippen molar-refractivity contribution in [2.45, 2.75) is 45.6 Å². The summed E-state index contributed by atoms with van der Waals surface area (Å²) in [7, 11) is 0. The summed E-state index contributed by atoms with van der Waals surface area (Å²) >= 11 is 1.34. The van der Waals surface area contributed by atoms with Gasteiger partial charge in [0.2, 0.25) is 5.91 Å². The molecule has 0 atom stereocenters. The van der Waals surface area contributed by atoms with Crippen LogP contribution < -0.4 is 5.32 Å². The summed E-state index contributed by atoms with van der Waals surface area (Å²) in [5, 5.41) is 12.9. The van der Waals surface area contributed by atoms with Crippen LogP contribution in [0.3, 0.4) is 0 Å². The number of anilines is 1. The van der Waals surface area contributed by atoms with Crippen LogP contribution in [-0.4, -0.2) is 35.0 Å². The minimum Gasteiger partial charge on any atom is -0.449 e. The summed E-state index contributed by atoms with van der Waals surface area (Å²) in [6, 6.07) is 5.85. The summed E-state index contributed by atoms with van der Waals surface area (Å²) in [6.07, 6.45) is 10.9. The number of carbonyl (C=O) groups excluding carboxylic acids is 2. The lowest BCUT2D eigenvalue weighted by Gasteiger charge is -2.26. The highest BCUT2D eigenvalue weighted by Gasteiger charge is 2.28. The fraction of sp³-hybridized carbons (Fsp3) is 0.391. The summed E-state index contributed by atoms with van der Waals surface area (Å²) in [5.74, 6) is -0.317. The first-order chi connectivity index (χ1) is 15.1. The number of nitrogens with zero attached hydrogens (tertiary/aromatic N) is 3. The van der Waals surface area contributed by atoms with Crippen molar-refractivity contribution in [1.29, 1.82) is 5.26 Å². The molecule has 0 radical (unpaired) electrons. The SMILES string of the molecule is CCCCCCOC(=O)N1CCc2c(sc(NC(=O)C=Cc3cccnc3)c2C#N)C1. The number of ether oxygens (including phenoxy) is 1. The normalized spacial score (nSPS) is 13.0. The number of carbonyl (C=O) groups is 2. The number of amides is 2. The molecule has 2 aromatic rings. The largest absolute Gasteiger partial charge is 0.449 e. The maximum atomic E-state index is 12.4. The third-order valence-electron chi connectivity index (χ3n) is 5.00. The summed E-state index contributed by atoms with van der Waals surface area (Å²) in [6.45, 7) is 3.46. The van der Waals surface area contributed by atoms with Gasteiger partial charge in [0, 0.05) is 29.9 Å². The van der Waals surface area contributed by atoms with E-state index in [9.17, 15) is 14.9 Å². The molecule has 0 aromatic carbocycles. The molecule has 0 fully saturated rings. The first-order valence-corrected chi connectivity index (χ1v) is 11.3. The summed E-state index contributed by atoms with van der Waals surface area (Å²) < 4.78 is 5.39. The molecule has 0 saturated heterocycles. The first-order valence-electron chi connectivity index (χ1n) is 10.5. The standard InChI is InChI=1S/C23H26N4O3S/c1-2-3-4-5-13-30-23(29)27-12-10-18-19(14-24)22(31-20(18)16-27)26-21(28)9-8-17-7-6-11-25-15-17/h6-9,11,15H,2-5,10,12-13,16H2,1H3,(H,26,28). The minimum atomic E-state index is -0.320. The first kappa shape index (κ1) is 22.5. The Bertz CT molecular complexity index is 979. The van der Waals surface area contributed by atoms with Crippen LogP contribution in [0, 0.1) is 11.3 Å². The van der Waals surface area contributed by atoms with Crippen molar-refractivity contribution in [2.75, 3.05) is 18.5 Å². The average Bonchev–Trinajstić information content (AvgIpc) is 3.14. The van der Waals surface area contributed by atoms with Crippen LogP contribution in [0.5, 0.6) is 0 Å². The van der Waals surface area contributed by atoms with Crippen molar-refractivity contribution in [2.24, 2.45) is 0 Å². The van der Waals surface area contributed by atoms with E-state index in [4.69, 9.17) is 4.74 Å². The van der Waals surface area contributed by atoms with Crippen molar-refractivity contribution < 1.29 is 14.3 Å². The Morgan fingerprint density at radius 1 is 1.39 bits per heavy atom. The highest BCUT2D eigenvalue weighted by molar-refractivity contribution is 7.16.